The van der Waals surface area contributed by atoms with E-state index < -0.39 is 0 Å². The highest BCUT2D eigenvalue weighted by molar-refractivity contribution is 9.10. The van der Waals surface area contributed by atoms with Crippen molar-refractivity contribution in [3.05, 3.63) is 39.6 Å². The smallest absolute Gasteiger partial charge is 0.142 e. The first-order valence-corrected chi connectivity index (χ1v) is 5.98. The van der Waals surface area contributed by atoms with E-state index in [1.165, 1.54) is 0 Å². The fraction of sp³-hybridized carbons (Fsp3) is 0.182. The van der Waals surface area contributed by atoms with E-state index in [0.717, 1.165) is 21.6 Å². The van der Waals surface area contributed by atoms with E-state index in [9.17, 15) is 0 Å². The molecule has 1 aromatic carbocycles. The fourth-order valence-electron chi connectivity index (χ4n) is 1.55. The first-order chi connectivity index (χ1) is 7.65. The Labute approximate surface area is 107 Å². The highest BCUT2D eigenvalue weighted by Gasteiger charge is 2.14. The zero-order valence-electron chi connectivity index (χ0n) is 8.74. The number of nitrogens with two attached hydrogens (primary N) is 1. The summed E-state index contributed by atoms with van der Waals surface area (Å²) in [6.45, 7) is 0.344. The largest absolute Gasteiger partial charge is 0.325 e. The third-order valence-electron chi connectivity index (χ3n) is 2.40. The van der Waals surface area contributed by atoms with Crippen LogP contribution in [0.25, 0.3) is 11.4 Å². The molecule has 0 aliphatic rings. The summed E-state index contributed by atoms with van der Waals surface area (Å²) in [5.74, 6) is 0.818. The predicted octanol–water partition coefficient (Wildman–Crippen LogP) is 2.96. The van der Waals surface area contributed by atoms with Crippen LogP contribution in [0.5, 0.6) is 0 Å². The molecule has 0 bridgehead atoms. The van der Waals surface area contributed by atoms with Crippen molar-refractivity contribution in [2.75, 3.05) is 0 Å². The normalized spacial score (nSPS) is 10.8. The molecule has 0 spiro atoms. The van der Waals surface area contributed by atoms with Gasteiger partial charge in [-0.25, -0.2) is 4.98 Å². The molecule has 0 amide bonds. The standard InChI is InChI=1S/C11H11BrClN3/c1-16-10(13)9(6-14)15-11(16)7-4-2-3-5-8(7)12/h2-5H,6,14H2,1H3. The molecule has 16 heavy (non-hydrogen) atoms. The second-order valence-electron chi connectivity index (χ2n) is 3.42. The van der Waals surface area contributed by atoms with Gasteiger partial charge in [-0.1, -0.05) is 45.7 Å². The maximum atomic E-state index is 6.12. The minimum atomic E-state index is 0.344. The van der Waals surface area contributed by atoms with Crippen LogP contribution < -0.4 is 5.73 Å². The molecule has 1 heterocycles. The predicted molar refractivity (Wildman–Crippen MR) is 69.2 cm³/mol. The summed E-state index contributed by atoms with van der Waals surface area (Å²) in [5.41, 5.74) is 7.30. The lowest BCUT2D eigenvalue weighted by Gasteiger charge is -2.04. The fourth-order valence-corrected chi connectivity index (χ4v) is 2.21. The van der Waals surface area contributed by atoms with Gasteiger partial charge in [0.2, 0.25) is 0 Å². The molecule has 0 radical (unpaired) electrons. The Hall–Kier alpha value is -0.840. The maximum absolute atomic E-state index is 6.12. The van der Waals surface area contributed by atoms with Crippen LogP contribution in [-0.2, 0) is 13.6 Å². The van der Waals surface area contributed by atoms with Crippen LogP contribution in [0.4, 0.5) is 0 Å². The average molecular weight is 301 g/mol. The van der Waals surface area contributed by atoms with Crippen molar-refractivity contribution in [2.24, 2.45) is 12.8 Å². The number of nitrogens with zero attached hydrogens (tertiary/aromatic N) is 2. The van der Waals surface area contributed by atoms with Gasteiger partial charge in [0.1, 0.15) is 11.0 Å². The summed E-state index contributed by atoms with van der Waals surface area (Å²) in [6.07, 6.45) is 0. The second-order valence-corrected chi connectivity index (χ2v) is 4.63. The van der Waals surface area contributed by atoms with Gasteiger partial charge in [0, 0.05) is 23.6 Å². The molecule has 0 fully saturated rings. The topological polar surface area (TPSA) is 43.8 Å². The monoisotopic (exact) mass is 299 g/mol. The summed E-state index contributed by atoms with van der Waals surface area (Å²) in [6, 6.07) is 7.88. The number of benzene rings is 1. The van der Waals surface area contributed by atoms with Crippen molar-refractivity contribution in [1.82, 2.24) is 9.55 Å². The summed E-state index contributed by atoms with van der Waals surface area (Å²) in [4.78, 5) is 4.43. The number of aromatic nitrogens is 2. The number of halogens is 2. The van der Waals surface area contributed by atoms with Crippen molar-refractivity contribution in [1.29, 1.82) is 0 Å². The van der Waals surface area contributed by atoms with Crippen molar-refractivity contribution < 1.29 is 0 Å². The Bertz CT molecular complexity index is 522. The van der Waals surface area contributed by atoms with Crippen LogP contribution in [0.15, 0.2) is 28.7 Å². The van der Waals surface area contributed by atoms with Crippen molar-refractivity contribution in [3.8, 4) is 11.4 Å². The van der Waals surface area contributed by atoms with Gasteiger partial charge in [0.25, 0.3) is 0 Å². The lowest BCUT2D eigenvalue weighted by molar-refractivity contribution is 0.921. The van der Waals surface area contributed by atoms with Crippen LogP contribution in [0.3, 0.4) is 0 Å². The number of hydrogen-bond acceptors (Lipinski definition) is 2. The Morgan fingerprint density at radius 1 is 1.44 bits per heavy atom. The molecule has 0 aliphatic heterocycles. The van der Waals surface area contributed by atoms with Gasteiger partial charge in [-0.3, -0.25) is 0 Å². The minimum absolute atomic E-state index is 0.344. The van der Waals surface area contributed by atoms with Crippen molar-refractivity contribution in [2.45, 2.75) is 6.54 Å². The van der Waals surface area contributed by atoms with Gasteiger partial charge < -0.3 is 10.3 Å². The summed E-state index contributed by atoms with van der Waals surface area (Å²) < 4.78 is 2.83. The molecule has 3 nitrogen and oxygen atoms in total. The molecule has 0 saturated heterocycles. The molecule has 0 unspecified atom stereocenters. The molecule has 2 aromatic rings. The first-order valence-electron chi connectivity index (χ1n) is 4.81. The zero-order valence-corrected chi connectivity index (χ0v) is 11.1. The number of rotatable bonds is 2. The maximum Gasteiger partial charge on any atom is 0.142 e. The van der Waals surface area contributed by atoms with E-state index in [2.05, 4.69) is 20.9 Å². The molecule has 84 valence electrons. The van der Waals surface area contributed by atoms with Gasteiger partial charge in [-0.05, 0) is 6.07 Å². The van der Waals surface area contributed by atoms with Crippen LogP contribution in [-0.4, -0.2) is 9.55 Å². The van der Waals surface area contributed by atoms with Gasteiger partial charge in [0.05, 0.1) is 5.69 Å². The lowest BCUT2D eigenvalue weighted by atomic mass is 10.2. The van der Waals surface area contributed by atoms with E-state index in [-0.39, 0.29) is 0 Å². The Kier molecular flexibility index (Phi) is 3.33. The summed E-state index contributed by atoms with van der Waals surface area (Å²) >= 11 is 9.62. The van der Waals surface area contributed by atoms with Crippen LogP contribution >= 0.6 is 27.5 Å². The highest BCUT2D eigenvalue weighted by atomic mass is 79.9. The third kappa shape index (κ3) is 1.88. The third-order valence-corrected chi connectivity index (χ3v) is 3.56. The van der Waals surface area contributed by atoms with Gasteiger partial charge in [-0.15, -0.1) is 0 Å². The summed E-state index contributed by atoms with van der Waals surface area (Å²) in [5, 5.41) is 0.591. The molecular formula is C11H11BrClN3. The molecule has 2 rings (SSSR count). The van der Waals surface area contributed by atoms with Crippen molar-refractivity contribution in [3.63, 3.8) is 0 Å². The molecule has 5 heteroatoms. The second kappa shape index (κ2) is 4.57. The van der Waals surface area contributed by atoms with Crippen LogP contribution in [0, 0.1) is 0 Å². The Morgan fingerprint density at radius 3 is 2.69 bits per heavy atom. The van der Waals surface area contributed by atoms with Crippen molar-refractivity contribution >= 4 is 27.5 Å². The minimum Gasteiger partial charge on any atom is -0.325 e. The van der Waals surface area contributed by atoms with E-state index >= 15 is 0 Å². The molecule has 0 saturated carbocycles. The highest BCUT2D eigenvalue weighted by Crippen LogP contribution is 2.29. The van der Waals surface area contributed by atoms with Crippen LogP contribution in [0.1, 0.15) is 5.69 Å². The molecule has 1 aromatic heterocycles. The summed E-state index contributed by atoms with van der Waals surface area (Å²) in [7, 11) is 1.88. The van der Waals surface area contributed by atoms with Gasteiger partial charge >= 0.3 is 0 Å². The first kappa shape index (κ1) is 11.6. The quantitative estimate of drug-likeness (QED) is 0.926. The van der Waals surface area contributed by atoms with E-state index in [1.807, 2.05) is 35.9 Å². The van der Waals surface area contributed by atoms with E-state index in [0.29, 0.717) is 11.7 Å². The average Bonchev–Trinajstić information content (AvgIpc) is 2.57. The zero-order chi connectivity index (χ0) is 11.7. The number of hydrogen-bond donors (Lipinski definition) is 1. The van der Waals surface area contributed by atoms with Crippen LogP contribution in [0.2, 0.25) is 5.15 Å². The molecular weight excluding hydrogens is 289 g/mol. The molecule has 0 aliphatic carbocycles. The van der Waals surface area contributed by atoms with Gasteiger partial charge in [-0.2, -0.15) is 0 Å². The Morgan fingerprint density at radius 2 is 2.12 bits per heavy atom. The van der Waals surface area contributed by atoms with E-state index in [1.54, 1.807) is 0 Å². The van der Waals surface area contributed by atoms with Gasteiger partial charge in [0.15, 0.2) is 0 Å². The molecule has 0 atom stereocenters. The molecule has 2 N–H and O–H groups in total. The number of imidazole rings is 1. The SMILES string of the molecule is Cn1c(-c2ccccc2Br)nc(CN)c1Cl. The lowest BCUT2D eigenvalue weighted by Crippen LogP contribution is -1.97. The Balaban J connectivity index is 2.61. The van der Waals surface area contributed by atoms with E-state index in [4.69, 9.17) is 17.3 Å².